The molecule has 4 aromatic rings. The van der Waals surface area contributed by atoms with Gasteiger partial charge in [-0.1, -0.05) is 147 Å². The average molecular weight is 709 g/mol. The van der Waals surface area contributed by atoms with Crippen molar-refractivity contribution in [3.8, 4) is 11.1 Å². The molecule has 1 aliphatic rings. The Morgan fingerprint density at radius 3 is 1.60 bits per heavy atom. The molecule has 0 aromatic heterocycles. The smallest absolute Gasteiger partial charge is 0.151 e. The number of methoxy groups -OCH3 is 2. The standard InChI is InChI=1S/C27H28Br2O2.C10H14.C2H6/c1-25(2,3)17-7-9-18(10-8-17)27(31-6)24-16-20(29)12-14-22(24)21-13-11-19(28)15-23(21)26(27,4)30-5;1-8(2)10-6-4-9(3)5-7-10;1-2/h7-16H,1-6H3;4-8H,1-3H3;1-2H3. The van der Waals surface area contributed by atoms with Crippen LogP contribution in [0.4, 0.5) is 0 Å². The Morgan fingerprint density at radius 1 is 0.674 bits per heavy atom. The van der Waals surface area contributed by atoms with Crippen molar-refractivity contribution >= 4 is 31.9 Å². The molecule has 0 amide bonds. The third-order valence-corrected chi connectivity index (χ3v) is 9.42. The molecular weight excluding hydrogens is 660 g/mol. The summed E-state index contributed by atoms with van der Waals surface area (Å²) in [6.45, 7) is 19.4. The first kappa shape index (κ1) is 35.2. The summed E-state index contributed by atoms with van der Waals surface area (Å²) in [5.74, 6) is 0.653. The van der Waals surface area contributed by atoms with Crippen LogP contribution in [-0.4, -0.2) is 14.2 Å². The van der Waals surface area contributed by atoms with Gasteiger partial charge in [0, 0.05) is 28.7 Å². The van der Waals surface area contributed by atoms with Gasteiger partial charge >= 0.3 is 0 Å². The lowest BCUT2D eigenvalue weighted by atomic mass is 9.63. The van der Waals surface area contributed by atoms with Gasteiger partial charge in [-0.3, -0.25) is 0 Å². The molecule has 0 spiro atoms. The van der Waals surface area contributed by atoms with Crippen molar-refractivity contribution < 1.29 is 9.47 Å². The van der Waals surface area contributed by atoms with Crippen molar-refractivity contribution in [1.82, 2.24) is 0 Å². The van der Waals surface area contributed by atoms with Crippen LogP contribution >= 0.6 is 31.9 Å². The van der Waals surface area contributed by atoms with Gasteiger partial charge in [0.2, 0.25) is 0 Å². The van der Waals surface area contributed by atoms with Crippen LogP contribution in [0.2, 0.25) is 0 Å². The first-order chi connectivity index (χ1) is 20.3. The number of fused-ring (bicyclic) bond motifs is 3. The quantitative estimate of drug-likeness (QED) is 0.210. The minimum atomic E-state index is -0.828. The molecule has 230 valence electrons. The van der Waals surface area contributed by atoms with Crippen molar-refractivity contribution in [2.24, 2.45) is 0 Å². The zero-order chi connectivity index (χ0) is 32.2. The molecule has 0 saturated heterocycles. The van der Waals surface area contributed by atoms with Crippen LogP contribution in [0.1, 0.15) is 94.7 Å². The lowest BCUT2D eigenvalue weighted by molar-refractivity contribution is -0.168. The van der Waals surface area contributed by atoms with E-state index in [2.05, 4.69) is 165 Å². The molecule has 2 nitrogen and oxygen atoms in total. The van der Waals surface area contributed by atoms with Crippen LogP contribution in [0.15, 0.2) is 93.9 Å². The van der Waals surface area contributed by atoms with E-state index in [4.69, 9.17) is 9.47 Å². The maximum atomic E-state index is 6.51. The molecule has 0 bridgehead atoms. The first-order valence-corrected chi connectivity index (χ1v) is 16.8. The molecule has 0 radical (unpaired) electrons. The fraction of sp³-hybridized carbons (Fsp3) is 0.385. The lowest BCUT2D eigenvalue weighted by Gasteiger charge is -2.52. The van der Waals surface area contributed by atoms with E-state index >= 15 is 0 Å². The molecule has 43 heavy (non-hydrogen) atoms. The average Bonchev–Trinajstić information content (AvgIpc) is 2.99. The molecule has 0 heterocycles. The van der Waals surface area contributed by atoms with Gasteiger partial charge in [0.25, 0.3) is 0 Å². The van der Waals surface area contributed by atoms with Gasteiger partial charge < -0.3 is 9.47 Å². The molecule has 0 fully saturated rings. The van der Waals surface area contributed by atoms with E-state index in [0.29, 0.717) is 5.92 Å². The Kier molecular flexibility index (Phi) is 11.7. The summed E-state index contributed by atoms with van der Waals surface area (Å²) in [4.78, 5) is 0. The van der Waals surface area contributed by atoms with Crippen molar-refractivity contribution in [2.75, 3.05) is 14.2 Å². The third-order valence-electron chi connectivity index (χ3n) is 8.43. The summed E-state index contributed by atoms with van der Waals surface area (Å²) in [5, 5.41) is 0. The van der Waals surface area contributed by atoms with Gasteiger partial charge in [-0.2, -0.15) is 0 Å². The molecule has 2 unspecified atom stereocenters. The Morgan fingerprint density at radius 2 is 1.16 bits per heavy atom. The summed E-state index contributed by atoms with van der Waals surface area (Å²) in [7, 11) is 3.55. The van der Waals surface area contributed by atoms with Crippen LogP contribution in [0, 0.1) is 6.92 Å². The number of benzene rings is 4. The molecule has 0 saturated carbocycles. The molecule has 0 N–H and O–H groups in total. The van der Waals surface area contributed by atoms with E-state index < -0.39 is 11.2 Å². The minimum absolute atomic E-state index is 0.0777. The highest BCUT2D eigenvalue weighted by atomic mass is 79.9. The second-order valence-electron chi connectivity index (χ2n) is 12.4. The van der Waals surface area contributed by atoms with Crippen LogP contribution < -0.4 is 0 Å². The van der Waals surface area contributed by atoms with E-state index in [-0.39, 0.29) is 5.41 Å². The van der Waals surface area contributed by atoms with Gasteiger partial charge in [0.05, 0.1) is 0 Å². The van der Waals surface area contributed by atoms with E-state index in [1.165, 1.54) is 16.7 Å². The van der Waals surface area contributed by atoms with Gasteiger partial charge in [0.15, 0.2) is 5.60 Å². The topological polar surface area (TPSA) is 18.5 Å². The molecule has 4 heteroatoms. The van der Waals surface area contributed by atoms with Crippen LogP contribution in [0.25, 0.3) is 11.1 Å². The van der Waals surface area contributed by atoms with E-state index in [1.54, 1.807) is 14.2 Å². The number of halogens is 2. The predicted molar refractivity (Wildman–Crippen MR) is 191 cm³/mol. The number of rotatable bonds is 4. The number of hydrogen-bond acceptors (Lipinski definition) is 2. The van der Waals surface area contributed by atoms with Crippen molar-refractivity contribution in [2.45, 2.75) is 84.8 Å². The summed E-state index contributed by atoms with van der Waals surface area (Å²) >= 11 is 7.35. The van der Waals surface area contributed by atoms with Crippen molar-refractivity contribution in [3.05, 3.63) is 127 Å². The monoisotopic (exact) mass is 706 g/mol. The van der Waals surface area contributed by atoms with Crippen molar-refractivity contribution in [1.29, 1.82) is 0 Å². The molecule has 0 aliphatic heterocycles. The fourth-order valence-corrected chi connectivity index (χ4v) is 6.62. The Hall–Kier alpha value is -2.24. The Bertz CT molecular complexity index is 1500. The maximum Gasteiger partial charge on any atom is 0.151 e. The van der Waals surface area contributed by atoms with E-state index in [1.807, 2.05) is 13.8 Å². The van der Waals surface area contributed by atoms with Crippen LogP contribution in [0.5, 0.6) is 0 Å². The molecular formula is C39H48Br2O2. The minimum Gasteiger partial charge on any atom is -0.370 e. The Balaban J connectivity index is 0.000000356. The summed E-state index contributed by atoms with van der Waals surface area (Å²) in [6.07, 6.45) is 0. The van der Waals surface area contributed by atoms with Crippen LogP contribution in [-0.2, 0) is 26.1 Å². The number of ether oxygens (including phenoxy) is 2. The van der Waals surface area contributed by atoms with Gasteiger partial charge in [-0.15, -0.1) is 0 Å². The van der Waals surface area contributed by atoms with E-state index in [9.17, 15) is 0 Å². The first-order valence-electron chi connectivity index (χ1n) is 15.2. The van der Waals surface area contributed by atoms with Gasteiger partial charge in [-0.25, -0.2) is 0 Å². The highest BCUT2D eigenvalue weighted by Gasteiger charge is 2.57. The zero-order valence-corrected chi connectivity index (χ0v) is 30.9. The third kappa shape index (κ3) is 6.88. The van der Waals surface area contributed by atoms with E-state index in [0.717, 1.165) is 36.8 Å². The normalized spacial score (nSPS) is 18.9. The summed E-state index contributed by atoms with van der Waals surface area (Å²) < 4.78 is 14.9. The zero-order valence-electron chi connectivity index (χ0n) is 27.7. The Labute approximate surface area is 277 Å². The highest BCUT2D eigenvalue weighted by Crippen LogP contribution is 2.58. The number of aryl methyl sites for hydroxylation is 1. The van der Waals surface area contributed by atoms with Crippen LogP contribution in [0.3, 0.4) is 0 Å². The SMILES string of the molecule is CC.COC1(C)c2cc(Br)ccc2-c2ccc(Br)cc2C1(OC)c1ccc(C(C)(C)C)cc1.Cc1ccc(C(C)C)cc1. The van der Waals surface area contributed by atoms with Crippen molar-refractivity contribution in [3.63, 3.8) is 0 Å². The molecule has 5 rings (SSSR count). The largest absolute Gasteiger partial charge is 0.370 e. The number of hydrogen-bond donors (Lipinski definition) is 0. The lowest BCUT2D eigenvalue weighted by Crippen LogP contribution is -2.53. The predicted octanol–water partition coefficient (Wildman–Crippen LogP) is 12.1. The molecule has 4 aromatic carbocycles. The fourth-order valence-electron chi connectivity index (χ4n) is 5.90. The van der Waals surface area contributed by atoms with Gasteiger partial charge in [0.1, 0.15) is 5.60 Å². The molecule has 2 atom stereocenters. The van der Waals surface area contributed by atoms with Gasteiger partial charge in [-0.05, 0) is 82.8 Å². The molecule has 1 aliphatic carbocycles. The summed E-state index contributed by atoms with van der Waals surface area (Å²) in [5.41, 5.74) is 8.11. The second kappa shape index (κ2) is 14.2. The summed E-state index contributed by atoms with van der Waals surface area (Å²) in [6, 6.07) is 30.3. The maximum absolute atomic E-state index is 6.51. The second-order valence-corrected chi connectivity index (χ2v) is 14.2. The highest BCUT2D eigenvalue weighted by molar-refractivity contribution is 9.10.